The molecule has 0 heterocycles. The molecule has 4 heteroatoms. The first-order valence-corrected chi connectivity index (χ1v) is 5.34. The third kappa shape index (κ3) is 4.89. The molecule has 0 aliphatic rings. The highest BCUT2D eigenvalue weighted by Gasteiger charge is 2.03. The largest absolute Gasteiger partial charge is 0.356 e. The first kappa shape index (κ1) is 12.6. The van der Waals surface area contributed by atoms with Gasteiger partial charge in [0.15, 0.2) is 0 Å². The Balaban J connectivity index is 2.31. The van der Waals surface area contributed by atoms with Crippen LogP contribution in [0.25, 0.3) is 0 Å². The van der Waals surface area contributed by atoms with Gasteiger partial charge in [0.05, 0.1) is 6.42 Å². The molecule has 0 spiro atoms. The number of nitrogens with one attached hydrogen (secondary N) is 1. The fourth-order valence-electron chi connectivity index (χ4n) is 1.29. The van der Waals surface area contributed by atoms with Gasteiger partial charge >= 0.3 is 0 Å². The zero-order valence-electron chi connectivity index (χ0n) is 9.37. The first-order valence-electron chi connectivity index (χ1n) is 5.34. The predicted octanol–water partition coefficient (Wildman–Crippen LogP) is 1.22. The zero-order valence-corrected chi connectivity index (χ0v) is 9.37. The number of benzene rings is 1. The third-order valence-electron chi connectivity index (χ3n) is 2.20. The summed E-state index contributed by atoms with van der Waals surface area (Å²) in [5.41, 5.74) is 6.36. The van der Waals surface area contributed by atoms with E-state index in [1.165, 1.54) is 12.1 Å². The molecule has 16 heavy (non-hydrogen) atoms. The number of nitrogens with two attached hydrogens (primary N) is 1. The maximum atomic E-state index is 12.6. The summed E-state index contributed by atoms with van der Waals surface area (Å²) < 4.78 is 12.6. The second kappa shape index (κ2) is 6.23. The molecule has 88 valence electrons. The third-order valence-corrected chi connectivity index (χ3v) is 2.20. The lowest BCUT2D eigenvalue weighted by Gasteiger charge is -2.07. The van der Waals surface area contributed by atoms with Crippen molar-refractivity contribution in [2.45, 2.75) is 25.8 Å². The molecule has 1 unspecified atom stereocenters. The number of carbonyl (C=O) groups excluding carboxylic acids is 1. The Morgan fingerprint density at radius 1 is 1.44 bits per heavy atom. The summed E-state index contributed by atoms with van der Waals surface area (Å²) >= 11 is 0. The van der Waals surface area contributed by atoms with E-state index in [-0.39, 0.29) is 24.2 Å². The van der Waals surface area contributed by atoms with Crippen LogP contribution in [0.3, 0.4) is 0 Å². The van der Waals surface area contributed by atoms with Crippen LogP contribution in [-0.4, -0.2) is 18.5 Å². The summed E-state index contributed by atoms with van der Waals surface area (Å²) in [7, 11) is 0. The molecule has 3 N–H and O–H groups in total. The van der Waals surface area contributed by atoms with Gasteiger partial charge in [0.1, 0.15) is 5.82 Å². The van der Waals surface area contributed by atoms with Gasteiger partial charge in [-0.2, -0.15) is 0 Å². The molecule has 1 aromatic rings. The maximum Gasteiger partial charge on any atom is 0.224 e. The molecule has 0 aliphatic heterocycles. The highest BCUT2D eigenvalue weighted by atomic mass is 19.1. The molecule has 0 bridgehead atoms. The van der Waals surface area contributed by atoms with Gasteiger partial charge in [-0.05, 0) is 31.0 Å². The van der Waals surface area contributed by atoms with E-state index in [2.05, 4.69) is 5.32 Å². The van der Waals surface area contributed by atoms with Crippen molar-refractivity contribution in [1.29, 1.82) is 0 Å². The zero-order chi connectivity index (χ0) is 12.0. The van der Waals surface area contributed by atoms with Gasteiger partial charge < -0.3 is 11.1 Å². The number of amides is 1. The van der Waals surface area contributed by atoms with E-state index in [4.69, 9.17) is 5.73 Å². The molecule has 0 aromatic heterocycles. The molecule has 1 aromatic carbocycles. The van der Waals surface area contributed by atoms with Crippen molar-refractivity contribution in [2.24, 2.45) is 5.73 Å². The molecule has 0 radical (unpaired) electrons. The van der Waals surface area contributed by atoms with Crippen LogP contribution in [-0.2, 0) is 11.2 Å². The van der Waals surface area contributed by atoms with Crippen molar-refractivity contribution >= 4 is 5.91 Å². The topological polar surface area (TPSA) is 55.1 Å². The van der Waals surface area contributed by atoms with Crippen molar-refractivity contribution in [1.82, 2.24) is 5.32 Å². The normalized spacial score (nSPS) is 12.2. The number of hydrogen-bond donors (Lipinski definition) is 2. The molecule has 0 saturated heterocycles. The Bertz CT molecular complexity index is 335. The van der Waals surface area contributed by atoms with E-state index in [0.717, 1.165) is 12.0 Å². The van der Waals surface area contributed by atoms with E-state index in [9.17, 15) is 9.18 Å². The molecular formula is C12H17FN2O. The SMILES string of the molecule is CC(N)CCNC(=O)Cc1ccc(F)cc1. The summed E-state index contributed by atoms with van der Waals surface area (Å²) in [5.74, 6) is -0.353. The molecule has 1 atom stereocenters. The predicted molar refractivity (Wildman–Crippen MR) is 61.4 cm³/mol. The summed E-state index contributed by atoms with van der Waals surface area (Å²) in [6.45, 7) is 2.48. The Morgan fingerprint density at radius 3 is 2.62 bits per heavy atom. The Morgan fingerprint density at radius 2 is 2.06 bits per heavy atom. The summed E-state index contributed by atoms with van der Waals surface area (Å²) in [6.07, 6.45) is 1.04. The van der Waals surface area contributed by atoms with Gasteiger partial charge in [-0.1, -0.05) is 12.1 Å². The average Bonchev–Trinajstić information content (AvgIpc) is 2.21. The van der Waals surface area contributed by atoms with Crippen LogP contribution in [0.5, 0.6) is 0 Å². The second-order valence-corrected chi connectivity index (χ2v) is 3.92. The average molecular weight is 224 g/mol. The Kier molecular flexibility index (Phi) is 4.92. The molecule has 3 nitrogen and oxygen atoms in total. The van der Waals surface area contributed by atoms with Crippen LogP contribution in [0.4, 0.5) is 4.39 Å². The summed E-state index contributed by atoms with van der Waals surface area (Å²) in [6, 6.07) is 6.02. The second-order valence-electron chi connectivity index (χ2n) is 3.92. The van der Waals surface area contributed by atoms with Gasteiger partial charge in [0.2, 0.25) is 5.91 Å². The van der Waals surface area contributed by atoms with E-state index in [1.54, 1.807) is 12.1 Å². The first-order chi connectivity index (χ1) is 7.58. The lowest BCUT2D eigenvalue weighted by atomic mass is 10.1. The van der Waals surface area contributed by atoms with Crippen LogP contribution in [0, 0.1) is 5.82 Å². The Labute approximate surface area is 94.8 Å². The van der Waals surface area contributed by atoms with E-state index in [1.807, 2.05) is 6.92 Å². The number of halogens is 1. The maximum absolute atomic E-state index is 12.6. The summed E-state index contributed by atoms with van der Waals surface area (Å²) in [5, 5.41) is 2.76. The van der Waals surface area contributed by atoms with Crippen molar-refractivity contribution < 1.29 is 9.18 Å². The van der Waals surface area contributed by atoms with Crippen LogP contribution < -0.4 is 11.1 Å². The lowest BCUT2D eigenvalue weighted by molar-refractivity contribution is -0.120. The van der Waals surface area contributed by atoms with E-state index < -0.39 is 0 Å². The molecular weight excluding hydrogens is 207 g/mol. The fraction of sp³-hybridized carbons (Fsp3) is 0.417. The number of rotatable bonds is 5. The number of hydrogen-bond acceptors (Lipinski definition) is 2. The van der Waals surface area contributed by atoms with Crippen LogP contribution in [0.15, 0.2) is 24.3 Å². The Hall–Kier alpha value is -1.42. The van der Waals surface area contributed by atoms with Crippen LogP contribution in [0.1, 0.15) is 18.9 Å². The molecule has 0 aliphatic carbocycles. The van der Waals surface area contributed by atoms with Gasteiger partial charge in [0.25, 0.3) is 0 Å². The monoisotopic (exact) mass is 224 g/mol. The van der Waals surface area contributed by atoms with Crippen molar-refractivity contribution in [3.05, 3.63) is 35.6 Å². The van der Waals surface area contributed by atoms with E-state index in [0.29, 0.717) is 6.54 Å². The fourth-order valence-corrected chi connectivity index (χ4v) is 1.29. The van der Waals surface area contributed by atoms with Crippen molar-refractivity contribution in [3.63, 3.8) is 0 Å². The van der Waals surface area contributed by atoms with Crippen molar-refractivity contribution in [3.8, 4) is 0 Å². The quantitative estimate of drug-likeness (QED) is 0.790. The van der Waals surface area contributed by atoms with Crippen molar-refractivity contribution in [2.75, 3.05) is 6.54 Å². The molecule has 1 rings (SSSR count). The lowest BCUT2D eigenvalue weighted by Crippen LogP contribution is -2.29. The highest BCUT2D eigenvalue weighted by molar-refractivity contribution is 5.78. The molecule has 0 saturated carbocycles. The van der Waals surface area contributed by atoms with Crippen LogP contribution >= 0.6 is 0 Å². The number of carbonyl (C=O) groups is 1. The van der Waals surface area contributed by atoms with E-state index >= 15 is 0 Å². The smallest absolute Gasteiger partial charge is 0.224 e. The standard InChI is InChI=1S/C12H17FN2O/c1-9(14)6-7-15-12(16)8-10-2-4-11(13)5-3-10/h2-5,9H,6-8,14H2,1H3,(H,15,16). The van der Waals surface area contributed by atoms with Gasteiger partial charge in [-0.25, -0.2) is 4.39 Å². The van der Waals surface area contributed by atoms with Gasteiger partial charge in [-0.3, -0.25) is 4.79 Å². The minimum atomic E-state index is -0.291. The summed E-state index contributed by atoms with van der Waals surface area (Å²) in [4.78, 5) is 11.4. The minimum Gasteiger partial charge on any atom is -0.356 e. The van der Waals surface area contributed by atoms with Gasteiger partial charge in [-0.15, -0.1) is 0 Å². The minimum absolute atomic E-state index is 0.0627. The highest BCUT2D eigenvalue weighted by Crippen LogP contribution is 2.03. The van der Waals surface area contributed by atoms with Crippen LogP contribution in [0.2, 0.25) is 0 Å². The molecule has 1 amide bonds. The van der Waals surface area contributed by atoms with Gasteiger partial charge in [0, 0.05) is 12.6 Å². The molecule has 0 fully saturated rings.